The van der Waals surface area contributed by atoms with Gasteiger partial charge < -0.3 is 14.5 Å². The van der Waals surface area contributed by atoms with Gasteiger partial charge in [0.15, 0.2) is 0 Å². The molecule has 3 aromatic rings. The molecule has 3 aromatic heterocycles. The molecular formula is C21H27N7O4. The molecule has 0 aliphatic carbocycles. The van der Waals surface area contributed by atoms with E-state index in [1.807, 2.05) is 20.8 Å². The maximum atomic E-state index is 13.2. The van der Waals surface area contributed by atoms with E-state index < -0.39 is 11.7 Å². The third-order valence-electron chi connectivity index (χ3n) is 5.51. The van der Waals surface area contributed by atoms with Crippen molar-refractivity contribution in [2.24, 2.45) is 0 Å². The van der Waals surface area contributed by atoms with E-state index in [0.29, 0.717) is 36.3 Å². The van der Waals surface area contributed by atoms with Gasteiger partial charge in [-0.05, 0) is 46.2 Å². The standard InChI is InChI=1S/C21H27N7O4/c1-13-15(11-22-28(13)19-23-17(29)16-7-6-9-27(16)24-19)18(30)26-10-8-14(12-26)25(5)20(31)32-21(2,3)4/h6-7,9,11,14H,8,10,12H2,1-5H3,(H,23,24,29)/t14-/m0/s1. The Hall–Kier alpha value is -3.63. The molecular weight excluding hydrogens is 414 g/mol. The molecule has 1 saturated heterocycles. The van der Waals surface area contributed by atoms with Crippen LogP contribution < -0.4 is 5.56 Å². The average Bonchev–Trinajstić information content (AvgIpc) is 3.45. The third kappa shape index (κ3) is 3.97. The number of likely N-dealkylation sites (tertiary alicyclic amines) is 1. The fourth-order valence-electron chi connectivity index (χ4n) is 3.76. The van der Waals surface area contributed by atoms with Gasteiger partial charge in [-0.25, -0.2) is 14.0 Å². The van der Waals surface area contributed by atoms with Crippen molar-refractivity contribution in [3.05, 3.63) is 46.1 Å². The Morgan fingerprint density at radius 3 is 2.78 bits per heavy atom. The van der Waals surface area contributed by atoms with Crippen LogP contribution in [0.25, 0.3) is 11.5 Å². The molecule has 0 saturated carbocycles. The molecule has 11 nitrogen and oxygen atoms in total. The minimum atomic E-state index is -0.580. The number of rotatable bonds is 3. The van der Waals surface area contributed by atoms with Crippen molar-refractivity contribution in [2.75, 3.05) is 20.1 Å². The number of nitrogens with one attached hydrogen (secondary N) is 1. The molecule has 0 radical (unpaired) electrons. The van der Waals surface area contributed by atoms with E-state index in [2.05, 4.69) is 15.2 Å². The molecule has 4 rings (SSSR count). The SMILES string of the molecule is Cc1c(C(=O)N2CC[C@H](N(C)C(=O)OC(C)(C)C)C2)cnn1-c1nn2cccc2c(=O)[nH]1. The molecule has 1 atom stereocenters. The predicted octanol–water partition coefficient (Wildman–Crippen LogP) is 1.60. The summed E-state index contributed by atoms with van der Waals surface area (Å²) in [6.45, 7) is 8.13. The van der Waals surface area contributed by atoms with Crippen LogP contribution in [0.1, 0.15) is 43.2 Å². The number of carbonyl (C=O) groups is 2. The number of hydrogen-bond donors (Lipinski definition) is 1. The lowest BCUT2D eigenvalue weighted by atomic mass is 10.2. The third-order valence-corrected chi connectivity index (χ3v) is 5.51. The molecule has 0 unspecified atom stereocenters. The second kappa shape index (κ2) is 7.81. The molecule has 32 heavy (non-hydrogen) atoms. The number of H-pyrrole nitrogens is 1. The van der Waals surface area contributed by atoms with E-state index in [9.17, 15) is 14.4 Å². The van der Waals surface area contributed by atoms with E-state index in [1.54, 1.807) is 42.1 Å². The summed E-state index contributed by atoms with van der Waals surface area (Å²) in [5.74, 6) is 0.0393. The van der Waals surface area contributed by atoms with E-state index >= 15 is 0 Å². The lowest BCUT2D eigenvalue weighted by Crippen LogP contribution is -2.42. The molecule has 1 aliphatic heterocycles. The van der Waals surface area contributed by atoms with Crippen LogP contribution in [0.4, 0.5) is 4.79 Å². The van der Waals surface area contributed by atoms with Gasteiger partial charge in [0.25, 0.3) is 11.5 Å². The summed E-state index contributed by atoms with van der Waals surface area (Å²) in [6.07, 6.45) is 3.40. The molecule has 1 N–H and O–H groups in total. The largest absolute Gasteiger partial charge is 0.444 e. The van der Waals surface area contributed by atoms with Gasteiger partial charge in [-0.15, -0.1) is 5.10 Å². The van der Waals surface area contributed by atoms with Gasteiger partial charge in [0.1, 0.15) is 11.1 Å². The van der Waals surface area contributed by atoms with Gasteiger partial charge in [0, 0.05) is 26.3 Å². The van der Waals surface area contributed by atoms with E-state index in [0.717, 1.165) is 0 Å². The molecule has 1 fully saturated rings. The van der Waals surface area contributed by atoms with E-state index in [1.165, 1.54) is 15.4 Å². The van der Waals surface area contributed by atoms with Crippen LogP contribution in [0.3, 0.4) is 0 Å². The lowest BCUT2D eigenvalue weighted by Gasteiger charge is -2.28. The van der Waals surface area contributed by atoms with Crippen LogP contribution in [0.2, 0.25) is 0 Å². The van der Waals surface area contributed by atoms with Crippen LogP contribution in [-0.4, -0.2) is 78.0 Å². The highest BCUT2D eigenvalue weighted by Gasteiger charge is 2.34. The van der Waals surface area contributed by atoms with Gasteiger partial charge in [0.2, 0.25) is 5.95 Å². The molecule has 0 aromatic carbocycles. The number of aromatic nitrogens is 5. The molecule has 170 valence electrons. The number of ether oxygens (including phenoxy) is 1. The van der Waals surface area contributed by atoms with Crippen molar-refractivity contribution >= 4 is 17.5 Å². The minimum Gasteiger partial charge on any atom is -0.444 e. The van der Waals surface area contributed by atoms with Crippen LogP contribution in [0.5, 0.6) is 0 Å². The normalized spacial score (nSPS) is 16.5. The second-order valence-corrected chi connectivity index (χ2v) is 8.96. The topological polar surface area (TPSA) is 118 Å². The van der Waals surface area contributed by atoms with Crippen LogP contribution in [-0.2, 0) is 4.74 Å². The summed E-state index contributed by atoms with van der Waals surface area (Å²) in [6, 6.07) is 3.27. The van der Waals surface area contributed by atoms with Crippen molar-refractivity contribution in [2.45, 2.75) is 45.8 Å². The first-order valence-electron chi connectivity index (χ1n) is 10.4. The molecule has 1 aliphatic rings. The smallest absolute Gasteiger partial charge is 0.410 e. The Morgan fingerprint density at radius 1 is 1.31 bits per heavy atom. The zero-order valence-corrected chi connectivity index (χ0v) is 18.8. The first kappa shape index (κ1) is 21.6. The number of nitrogens with zero attached hydrogens (tertiary/aromatic N) is 6. The number of fused-ring (bicyclic) bond motifs is 1. The highest BCUT2D eigenvalue weighted by Crippen LogP contribution is 2.21. The van der Waals surface area contributed by atoms with Crippen LogP contribution >= 0.6 is 0 Å². The highest BCUT2D eigenvalue weighted by atomic mass is 16.6. The Bertz CT molecular complexity index is 1230. The monoisotopic (exact) mass is 441 g/mol. The van der Waals surface area contributed by atoms with Gasteiger partial charge in [-0.3, -0.25) is 14.6 Å². The molecule has 0 spiro atoms. The van der Waals surface area contributed by atoms with Crippen LogP contribution in [0, 0.1) is 6.92 Å². The van der Waals surface area contributed by atoms with Crippen molar-refractivity contribution in [3.8, 4) is 5.95 Å². The lowest BCUT2D eigenvalue weighted by molar-refractivity contribution is 0.0226. The first-order valence-corrected chi connectivity index (χ1v) is 10.4. The molecule has 4 heterocycles. The average molecular weight is 441 g/mol. The summed E-state index contributed by atoms with van der Waals surface area (Å²) in [4.78, 5) is 43.7. The number of likely N-dealkylation sites (N-methyl/N-ethyl adjacent to an activating group) is 1. The zero-order chi connectivity index (χ0) is 23.2. The fourth-order valence-corrected chi connectivity index (χ4v) is 3.76. The van der Waals surface area contributed by atoms with E-state index in [4.69, 9.17) is 4.74 Å². The summed E-state index contributed by atoms with van der Waals surface area (Å²) in [5, 5.41) is 8.63. The molecule has 11 heteroatoms. The Kier molecular flexibility index (Phi) is 5.27. The van der Waals surface area contributed by atoms with Crippen molar-refractivity contribution in [1.82, 2.24) is 34.2 Å². The second-order valence-electron chi connectivity index (χ2n) is 8.96. The Labute approximate surface area is 184 Å². The van der Waals surface area contributed by atoms with Crippen LogP contribution in [0.15, 0.2) is 29.3 Å². The minimum absolute atomic E-state index is 0.127. The number of hydrogen-bond acceptors (Lipinski definition) is 6. The van der Waals surface area contributed by atoms with Crippen molar-refractivity contribution in [1.29, 1.82) is 0 Å². The summed E-state index contributed by atoms with van der Waals surface area (Å²) in [7, 11) is 1.69. The maximum absolute atomic E-state index is 13.2. The highest BCUT2D eigenvalue weighted by molar-refractivity contribution is 5.95. The molecule has 0 bridgehead atoms. The quantitative estimate of drug-likeness (QED) is 0.660. The number of carbonyl (C=O) groups excluding carboxylic acids is 2. The van der Waals surface area contributed by atoms with Gasteiger partial charge in [-0.2, -0.15) is 5.10 Å². The summed E-state index contributed by atoms with van der Waals surface area (Å²) in [5.41, 5.74) is 0.529. The van der Waals surface area contributed by atoms with Gasteiger partial charge in [0.05, 0.1) is 23.5 Å². The maximum Gasteiger partial charge on any atom is 0.410 e. The zero-order valence-electron chi connectivity index (χ0n) is 18.8. The van der Waals surface area contributed by atoms with Crippen molar-refractivity contribution in [3.63, 3.8) is 0 Å². The first-order chi connectivity index (χ1) is 15.0. The number of aromatic amines is 1. The fraction of sp³-hybridized carbons (Fsp3) is 0.476. The van der Waals surface area contributed by atoms with E-state index in [-0.39, 0.29) is 23.5 Å². The Balaban J connectivity index is 1.50. The van der Waals surface area contributed by atoms with Gasteiger partial charge in [-0.1, -0.05) is 0 Å². The Morgan fingerprint density at radius 2 is 2.06 bits per heavy atom. The van der Waals surface area contributed by atoms with Crippen molar-refractivity contribution < 1.29 is 14.3 Å². The number of amides is 2. The summed E-state index contributed by atoms with van der Waals surface area (Å²) < 4.78 is 8.34. The molecule has 2 amide bonds. The predicted molar refractivity (Wildman–Crippen MR) is 116 cm³/mol. The van der Waals surface area contributed by atoms with Gasteiger partial charge >= 0.3 is 6.09 Å². The summed E-state index contributed by atoms with van der Waals surface area (Å²) >= 11 is 0.